The molecule has 0 N–H and O–H groups in total. The van der Waals surface area contributed by atoms with Gasteiger partial charge in [-0.15, -0.1) is 0 Å². The molecule has 0 saturated carbocycles. The van der Waals surface area contributed by atoms with Gasteiger partial charge in [-0.2, -0.15) is 8.42 Å². The number of aryl methyl sites for hydroxylation is 1. The Kier molecular flexibility index (Phi) is 6.19. The Morgan fingerprint density at radius 3 is 2.14 bits per heavy atom. The molecule has 0 aliphatic heterocycles. The Bertz CT molecular complexity index is 1100. The third-order valence-corrected chi connectivity index (χ3v) is 5.38. The zero-order valence-electron chi connectivity index (χ0n) is 16.3. The van der Waals surface area contributed by atoms with Crippen LogP contribution in [-0.4, -0.2) is 28.9 Å². The predicted molar refractivity (Wildman–Crippen MR) is 112 cm³/mol. The SMILES string of the molecule is COc1ccc(N=Cc2ccc(OS(=O)(=O)c3ccc(C)cc3)c(OC)c2)cc1. The summed E-state index contributed by atoms with van der Waals surface area (Å²) in [5.74, 6) is 1.15. The van der Waals surface area contributed by atoms with Crippen LogP contribution in [0.15, 0.2) is 76.6 Å². The lowest BCUT2D eigenvalue weighted by Gasteiger charge is -2.11. The van der Waals surface area contributed by atoms with Gasteiger partial charge in [-0.1, -0.05) is 17.7 Å². The van der Waals surface area contributed by atoms with Gasteiger partial charge in [-0.3, -0.25) is 4.99 Å². The van der Waals surface area contributed by atoms with E-state index in [0.29, 0.717) is 5.75 Å². The lowest BCUT2D eigenvalue weighted by atomic mass is 10.2. The van der Waals surface area contributed by atoms with Crippen LogP contribution in [0.3, 0.4) is 0 Å². The van der Waals surface area contributed by atoms with Gasteiger partial charge in [-0.25, -0.2) is 0 Å². The number of hydrogen-bond donors (Lipinski definition) is 0. The zero-order chi connectivity index (χ0) is 20.9. The van der Waals surface area contributed by atoms with Gasteiger partial charge in [0.15, 0.2) is 11.5 Å². The minimum Gasteiger partial charge on any atom is -0.497 e. The molecule has 0 heterocycles. The molecule has 0 radical (unpaired) electrons. The molecule has 0 aliphatic rings. The van der Waals surface area contributed by atoms with Gasteiger partial charge in [0.2, 0.25) is 0 Å². The molecule has 0 aromatic heterocycles. The molecule has 0 atom stereocenters. The van der Waals surface area contributed by atoms with Crippen molar-refractivity contribution in [1.82, 2.24) is 0 Å². The number of aliphatic imine (C=N–C) groups is 1. The largest absolute Gasteiger partial charge is 0.497 e. The molecular weight excluding hydrogens is 390 g/mol. The number of nitrogens with zero attached hydrogens (tertiary/aromatic N) is 1. The summed E-state index contributed by atoms with van der Waals surface area (Å²) in [7, 11) is -0.909. The van der Waals surface area contributed by atoms with Gasteiger partial charge in [0.1, 0.15) is 10.6 Å². The molecule has 0 fully saturated rings. The Balaban J connectivity index is 1.81. The maximum Gasteiger partial charge on any atom is 0.339 e. The second-order valence-electron chi connectivity index (χ2n) is 6.22. The highest BCUT2D eigenvalue weighted by Crippen LogP contribution is 2.30. The second kappa shape index (κ2) is 8.79. The predicted octanol–water partition coefficient (Wildman–Crippen LogP) is 4.53. The highest BCUT2D eigenvalue weighted by atomic mass is 32.2. The van der Waals surface area contributed by atoms with Crippen molar-refractivity contribution in [1.29, 1.82) is 0 Å². The van der Waals surface area contributed by atoms with Crippen molar-refractivity contribution in [3.8, 4) is 17.2 Å². The minimum absolute atomic E-state index is 0.0790. The van der Waals surface area contributed by atoms with Crippen LogP contribution in [0.5, 0.6) is 17.2 Å². The molecular formula is C22H21NO5S. The Hall–Kier alpha value is -3.32. The molecule has 0 saturated heterocycles. The van der Waals surface area contributed by atoms with Crippen molar-refractivity contribution in [3.05, 3.63) is 77.9 Å². The van der Waals surface area contributed by atoms with Crippen LogP contribution in [0.2, 0.25) is 0 Å². The first-order valence-corrected chi connectivity index (χ1v) is 10.2. The lowest BCUT2D eigenvalue weighted by Crippen LogP contribution is -2.10. The van der Waals surface area contributed by atoms with E-state index in [4.69, 9.17) is 13.7 Å². The maximum absolute atomic E-state index is 12.5. The molecule has 0 bridgehead atoms. The summed E-state index contributed by atoms with van der Waals surface area (Å²) < 4.78 is 40.7. The number of methoxy groups -OCH3 is 2. The van der Waals surface area contributed by atoms with E-state index in [2.05, 4.69) is 4.99 Å². The molecule has 150 valence electrons. The van der Waals surface area contributed by atoms with Crippen molar-refractivity contribution in [2.45, 2.75) is 11.8 Å². The first-order valence-electron chi connectivity index (χ1n) is 8.78. The average molecular weight is 411 g/mol. The lowest BCUT2D eigenvalue weighted by molar-refractivity contribution is 0.390. The molecule has 0 spiro atoms. The molecule has 3 aromatic carbocycles. The first kappa shape index (κ1) is 20.4. The third kappa shape index (κ3) is 5.14. The molecule has 3 rings (SSSR count). The first-order chi connectivity index (χ1) is 13.9. The smallest absolute Gasteiger partial charge is 0.339 e. The van der Waals surface area contributed by atoms with E-state index in [9.17, 15) is 8.42 Å². The fraction of sp³-hybridized carbons (Fsp3) is 0.136. The van der Waals surface area contributed by atoms with E-state index in [1.807, 2.05) is 31.2 Å². The van der Waals surface area contributed by atoms with Crippen molar-refractivity contribution in [3.63, 3.8) is 0 Å². The Morgan fingerprint density at radius 1 is 0.828 bits per heavy atom. The normalized spacial score (nSPS) is 11.4. The Morgan fingerprint density at radius 2 is 1.52 bits per heavy atom. The van der Waals surface area contributed by atoms with E-state index >= 15 is 0 Å². The summed E-state index contributed by atoms with van der Waals surface area (Å²) in [6.07, 6.45) is 1.66. The van der Waals surface area contributed by atoms with Crippen molar-refractivity contribution >= 4 is 22.0 Å². The summed E-state index contributed by atoms with van der Waals surface area (Å²) >= 11 is 0. The minimum atomic E-state index is -3.96. The standard InChI is InChI=1S/C22H21NO5S/c1-16-4-11-20(12-5-16)29(24,25)28-21-13-6-17(14-22(21)27-3)15-23-18-7-9-19(26-2)10-8-18/h4-15H,1-3H3. The third-order valence-electron chi connectivity index (χ3n) is 4.13. The van der Waals surface area contributed by atoms with Gasteiger partial charge < -0.3 is 13.7 Å². The molecule has 0 amide bonds. The van der Waals surface area contributed by atoms with E-state index in [0.717, 1.165) is 22.6 Å². The van der Waals surface area contributed by atoms with Crippen LogP contribution in [0.4, 0.5) is 5.69 Å². The van der Waals surface area contributed by atoms with Gasteiger partial charge in [0, 0.05) is 6.21 Å². The summed E-state index contributed by atoms with van der Waals surface area (Å²) in [5.41, 5.74) is 2.45. The molecule has 0 aliphatic carbocycles. The summed E-state index contributed by atoms with van der Waals surface area (Å²) in [4.78, 5) is 4.47. The van der Waals surface area contributed by atoms with Crippen LogP contribution in [0.1, 0.15) is 11.1 Å². The van der Waals surface area contributed by atoms with Crippen LogP contribution in [0, 0.1) is 6.92 Å². The van der Waals surface area contributed by atoms with Crippen LogP contribution in [0.25, 0.3) is 0 Å². The fourth-order valence-electron chi connectivity index (χ4n) is 2.52. The summed E-state index contributed by atoms with van der Waals surface area (Å²) in [6.45, 7) is 1.88. The molecule has 3 aromatic rings. The fourth-order valence-corrected chi connectivity index (χ4v) is 3.46. The van der Waals surface area contributed by atoms with Gasteiger partial charge >= 0.3 is 10.1 Å². The summed E-state index contributed by atoms with van der Waals surface area (Å²) in [5, 5.41) is 0. The van der Waals surface area contributed by atoms with Crippen LogP contribution < -0.4 is 13.7 Å². The highest BCUT2D eigenvalue weighted by molar-refractivity contribution is 7.87. The highest BCUT2D eigenvalue weighted by Gasteiger charge is 2.19. The van der Waals surface area contributed by atoms with E-state index in [-0.39, 0.29) is 10.6 Å². The molecule has 7 heteroatoms. The molecule has 29 heavy (non-hydrogen) atoms. The summed E-state index contributed by atoms with van der Waals surface area (Å²) in [6, 6.07) is 18.7. The monoisotopic (exact) mass is 411 g/mol. The van der Waals surface area contributed by atoms with Gasteiger partial charge in [-0.05, 0) is 67.1 Å². The van der Waals surface area contributed by atoms with Crippen molar-refractivity contribution < 1.29 is 22.1 Å². The van der Waals surface area contributed by atoms with E-state index in [1.165, 1.54) is 19.2 Å². The zero-order valence-corrected chi connectivity index (χ0v) is 17.1. The number of benzene rings is 3. The number of rotatable bonds is 7. The van der Waals surface area contributed by atoms with E-state index < -0.39 is 10.1 Å². The van der Waals surface area contributed by atoms with Crippen LogP contribution in [-0.2, 0) is 10.1 Å². The topological polar surface area (TPSA) is 74.2 Å². The van der Waals surface area contributed by atoms with Crippen LogP contribution >= 0.6 is 0 Å². The van der Waals surface area contributed by atoms with Crippen molar-refractivity contribution in [2.75, 3.05) is 14.2 Å². The van der Waals surface area contributed by atoms with Gasteiger partial charge in [0.25, 0.3) is 0 Å². The van der Waals surface area contributed by atoms with Gasteiger partial charge in [0.05, 0.1) is 19.9 Å². The number of hydrogen-bond acceptors (Lipinski definition) is 6. The Labute approximate surface area is 170 Å². The average Bonchev–Trinajstić information content (AvgIpc) is 2.73. The van der Waals surface area contributed by atoms with E-state index in [1.54, 1.807) is 43.7 Å². The maximum atomic E-state index is 12.5. The molecule has 6 nitrogen and oxygen atoms in total. The molecule has 0 unspecified atom stereocenters. The second-order valence-corrected chi connectivity index (χ2v) is 7.76. The number of ether oxygens (including phenoxy) is 2. The quantitative estimate of drug-likeness (QED) is 0.422. The van der Waals surface area contributed by atoms with Crippen molar-refractivity contribution in [2.24, 2.45) is 4.99 Å².